The van der Waals surface area contributed by atoms with E-state index in [-0.39, 0.29) is 0 Å². The molecule has 0 unspecified atom stereocenters. The molecule has 0 N–H and O–H groups in total. The first kappa shape index (κ1) is 13.3. The molecule has 0 spiro atoms. The van der Waals surface area contributed by atoms with Crippen molar-refractivity contribution in [1.29, 1.82) is 0 Å². The summed E-state index contributed by atoms with van der Waals surface area (Å²) in [5.41, 5.74) is 1.05. The van der Waals surface area contributed by atoms with E-state index in [9.17, 15) is 0 Å². The molecule has 0 aliphatic heterocycles. The number of hydrogen-bond acceptors (Lipinski definition) is 0. The zero-order chi connectivity index (χ0) is 11.6. The van der Waals surface area contributed by atoms with Crippen LogP contribution >= 0.6 is 23.1 Å². The van der Waals surface area contributed by atoms with E-state index in [0.29, 0.717) is 11.3 Å². The Kier molecular flexibility index (Phi) is 4.44. The van der Waals surface area contributed by atoms with Crippen LogP contribution in [0.4, 0.5) is 0 Å². The number of halogens is 1. The lowest BCUT2D eigenvalue weighted by Gasteiger charge is -2.32. The monoisotopic (exact) mass is 283 g/mol. The molecule has 0 aliphatic rings. The minimum Gasteiger partial charge on any atom is -0.0609 e. The average molecular weight is 284 g/mol. The molecular formula is C12H18BBrP+. The molecule has 0 nitrogen and oxygen atoms in total. The predicted octanol–water partition coefficient (Wildman–Crippen LogP) is 3.99. The van der Waals surface area contributed by atoms with Crippen molar-refractivity contribution < 1.29 is 0 Å². The van der Waals surface area contributed by atoms with E-state index in [2.05, 4.69) is 61.8 Å². The van der Waals surface area contributed by atoms with Gasteiger partial charge in [0.1, 0.15) is 0 Å². The first-order chi connectivity index (χ1) is 6.90. The minimum absolute atomic E-state index is 0.524. The van der Waals surface area contributed by atoms with Gasteiger partial charge in [-0.1, -0.05) is 12.1 Å². The molecule has 0 atom stereocenters. The summed E-state index contributed by atoms with van der Waals surface area (Å²) in [4.78, 5) is 0. The fraction of sp³-hybridized carbons (Fsp3) is 0.500. The largest absolute Gasteiger partial charge is 0.371 e. The van der Waals surface area contributed by atoms with Gasteiger partial charge in [-0.05, 0) is 62.9 Å². The second-order valence-corrected chi connectivity index (χ2v) is 9.54. The molecule has 1 aromatic carbocycles. The lowest BCUT2D eigenvalue weighted by Crippen LogP contribution is -2.27. The highest BCUT2D eigenvalue weighted by atomic mass is 79.9. The summed E-state index contributed by atoms with van der Waals surface area (Å²) in [6.07, 6.45) is 0. The van der Waals surface area contributed by atoms with Gasteiger partial charge in [-0.3, -0.25) is 0 Å². The van der Waals surface area contributed by atoms with Gasteiger partial charge >= 0.3 is 7.57 Å². The van der Waals surface area contributed by atoms with Crippen molar-refractivity contribution in [3.8, 4) is 0 Å². The van der Waals surface area contributed by atoms with Crippen LogP contribution in [0.25, 0.3) is 0 Å². The van der Waals surface area contributed by atoms with E-state index in [1.54, 1.807) is 0 Å². The summed E-state index contributed by atoms with van der Waals surface area (Å²) < 4.78 is 1.16. The van der Waals surface area contributed by atoms with Gasteiger partial charge in [0.05, 0.1) is 21.1 Å². The highest BCUT2D eigenvalue weighted by Crippen LogP contribution is 2.62. The lowest BCUT2D eigenvalue weighted by molar-refractivity contribution is 1.01. The van der Waals surface area contributed by atoms with Crippen LogP contribution in [0.3, 0.4) is 0 Å². The molecule has 0 fully saturated rings. The van der Waals surface area contributed by atoms with Crippen molar-refractivity contribution in [3.05, 3.63) is 28.7 Å². The van der Waals surface area contributed by atoms with Gasteiger partial charge in [-0.25, -0.2) is 0 Å². The highest BCUT2D eigenvalue weighted by Gasteiger charge is 2.42. The van der Waals surface area contributed by atoms with E-state index in [1.807, 2.05) is 6.07 Å². The molecule has 0 saturated heterocycles. The number of benzene rings is 1. The van der Waals surface area contributed by atoms with Gasteiger partial charge in [0.2, 0.25) is 0 Å². The van der Waals surface area contributed by atoms with Crippen LogP contribution in [0, 0.1) is 0 Å². The second kappa shape index (κ2) is 5.02. The summed E-state index contributed by atoms with van der Waals surface area (Å²) in [6, 6.07) is 8.37. The summed E-state index contributed by atoms with van der Waals surface area (Å²) in [6.45, 7) is 8.92. The molecule has 0 amide bonds. The molecule has 0 aliphatic carbocycles. The minimum atomic E-state index is -1.55. The van der Waals surface area contributed by atoms with Crippen molar-refractivity contribution in [2.45, 2.75) is 39.0 Å². The van der Waals surface area contributed by atoms with E-state index in [4.69, 9.17) is 7.57 Å². The third kappa shape index (κ3) is 2.48. The summed E-state index contributed by atoms with van der Waals surface area (Å²) in [7, 11) is 5.14. The van der Waals surface area contributed by atoms with E-state index < -0.39 is 7.14 Å². The topological polar surface area (TPSA) is 0 Å². The maximum atomic E-state index is 6.69. The third-order valence-electron chi connectivity index (χ3n) is 2.98. The summed E-state index contributed by atoms with van der Waals surface area (Å²) >= 11 is 3.62. The van der Waals surface area contributed by atoms with Gasteiger partial charge in [0.25, 0.3) is 0 Å². The van der Waals surface area contributed by atoms with E-state index in [1.165, 1.54) is 5.30 Å². The molecule has 1 rings (SSSR count). The Morgan fingerprint density at radius 1 is 1.07 bits per heavy atom. The smallest absolute Gasteiger partial charge is 0.0609 e. The highest BCUT2D eigenvalue weighted by molar-refractivity contribution is 9.10. The van der Waals surface area contributed by atoms with E-state index >= 15 is 0 Å². The molecule has 2 radical (unpaired) electrons. The number of rotatable bonds is 3. The van der Waals surface area contributed by atoms with Crippen LogP contribution in [0.1, 0.15) is 27.7 Å². The van der Waals surface area contributed by atoms with Crippen LogP contribution in [0.15, 0.2) is 28.7 Å². The predicted molar refractivity (Wildman–Crippen MR) is 76.7 cm³/mol. The molecule has 1 aromatic rings. The Labute approximate surface area is 104 Å². The van der Waals surface area contributed by atoms with Gasteiger partial charge in [-0.15, -0.1) is 0 Å². The van der Waals surface area contributed by atoms with Crippen LogP contribution in [0.2, 0.25) is 0 Å². The lowest BCUT2D eigenvalue weighted by atomic mass is 10.4. The van der Waals surface area contributed by atoms with Crippen LogP contribution in [-0.2, 0) is 0 Å². The zero-order valence-corrected chi connectivity index (χ0v) is 12.3. The van der Waals surface area contributed by atoms with Crippen molar-refractivity contribution >= 4 is 35.9 Å². The molecule has 80 valence electrons. The molecule has 0 aromatic heterocycles. The SMILES string of the molecule is [B][P+](c1ccccc1Br)(C(C)C)C(C)C. The van der Waals surface area contributed by atoms with Crippen LogP contribution in [-0.4, -0.2) is 18.9 Å². The summed E-state index contributed by atoms with van der Waals surface area (Å²) in [5, 5.41) is 1.31. The Hall–Kier alpha value is 0.195. The fourth-order valence-electron chi connectivity index (χ4n) is 1.92. The van der Waals surface area contributed by atoms with Crippen molar-refractivity contribution in [1.82, 2.24) is 0 Å². The molecule has 0 saturated carbocycles. The molecule has 3 heteroatoms. The first-order valence-corrected chi connectivity index (χ1v) is 8.11. The molecular weight excluding hydrogens is 266 g/mol. The summed E-state index contributed by atoms with van der Waals surface area (Å²) in [5.74, 6) is 0. The molecule has 0 heterocycles. The van der Waals surface area contributed by atoms with Gasteiger partial charge < -0.3 is 0 Å². The van der Waals surface area contributed by atoms with Crippen molar-refractivity contribution in [3.63, 3.8) is 0 Å². The normalized spacial score (nSPS) is 12.5. The van der Waals surface area contributed by atoms with Gasteiger partial charge in [0.15, 0.2) is 0 Å². The van der Waals surface area contributed by atoms with Crippen molar-refractivity contribution in [2.24, 2.45) is 0 Å². The van der Waals surface area contributed by atoms with Crippen LogP contribution < -0.4 is 5.30 Å². The number of hydrogen-bond donors (Lipinski definition) is 0. The average Bonchev–Trinajstić information content (AvgIpc) is 2.16. The van der Waals surface area contributed by atoms with E-state index in [0.717, 1.165) is 4.47 Å². The maximum Gasteiger partial charge on any atom is 0.371 e. The van der Waals surface area contributed by atoms with Gasteiger partial charge in [-0.2, -0.15) is 0 Å². The van der Waals surface area contributed by atoms with Crippen molar-refractivity contribution in [2.75, 3.05) is 0 Å². The fourth-order valence-corrected chi connectivity index (χ4v) is 6.22. The second-order valence-electron chi connectivity index (χ2n) is 4.47. The first-order valence-electron chi connectivity index (χ1n) is 5.32. The maximum absolute atomic E-state index is 6.69. The van der Waals surface area contributed by atoms with Gasteiger partial charge in [0, 0.05) is 0 Å². The van der Waals surface area contributed by atoms with Crippen LogP contribution in [0.5, 0.6) is 0 Å². The molecule has 15 heavy (non-hydrogen) atoms. The standard InChI is InChI=1S/C12H18BBrP/c1-9(2)15(13,10(3)4)12-8-6-5-7-11(12)14/h5-10H,1-4H3/q+1. The Balaban J connectivity index is 3.28. The molecule has 0 bridgehead atoms. The quantitative estimate of drug-likeness (QED) is 0.581. The zero-order valence-electron chi connectivity index (χ0n) is 9.87. The third-order valence-corrected chi connectivity index (χ3v) is 8.62. The Morgan fingerprint density at radius 3 is 1.93 bits per heavy atom. The Morgan fingerprint density at radius 2 is 1.53 bits per heavy atom. The Bertz CT molecular complexity index is 328.